The summed E-state index contributed by atoms with van der Waals surface area (Å²) in [6, 6.07) is -0.453. The first-order valence-corrected chi connectivity index (χ1v) is 8.39. The maximum Gasteiger partial charge on any atom is 0.243 e. The summed E-state index contributed by atoms with van der Waals surface area (Å²) in [7, 11) is 0. The van der Waals surface area contributed by atoms with Crippen LogP contribution in [0.4, 0.5) is 5.13 Å². The molecule has 7 heteroatoms. The highest BCUT2D eigenvalue weighted by molar-refractivity contribution is 7.15. The van der Waals surface area contributed by atoms with E-state index in [0.29, 0.717) is 11.6 Å². The summed E-state index contributed by atoms with van der Waals surface area (Å²) in [5.74, 6) is 0.579. The topological polar surface area (TPSA) is 80.9 Å². The largest absolute Gasteiger partial charge is 0.320 e. The van der Waals surface area contributed by atoms with E-state index in [1.807, 2.05) is 6.92 Å². The van der Waals surface area contributed by atoms with Gasteiger partial charge in [0.15, 0.2) is 0 Å². The van der Waals surface area contributed by atoms with Crippen molar-refractivity contribution in [3.05, 3.63) is 5.01 Å². The summed E-state index contributed by atoms with van der Waals surface area (Å²) >= 11 is 1.48. The molecular weight excluding hydrogens is 308 g/mol. The second kappa shape index (κ2) is 9.33. The molecule has 1 aromatic heterocycles. The molecule has 2 rings (SSSR count). The zero-order valence-corrected chi connectivity index (χ0v) is 14.1. The number of nitrogens with zero attached hydrogens (tertiary/aromatic N) is 2. The summed E-state index contributed by atoms with van der Waals surface area (Å²) < 4.78 is 0. The first-order chi connectivity index (χ1) is 9.69. The Bertz CT molecular complexity index is 434. The number of nitrogens with two attached hydrogens (primary N) is 1. The van der Waals surface area contributed by atoms with Crippen LogP contribution in [0.1, 0.15) is 56.9 Å². The van der Waals surface area contributed by atoms with E-state index in [1.54, 1.807) is 0 Å². The van der Waals surface area contributed by atoms with Gasteiger partial charge in [-0.05, 0) is 12.3 Å². The Morgan fingerprint density at radius 2 is 2.10 bits per heavy atom. The van der Waals surface area contributed by atoms with Gasteiger partial charge in [0.05, 0.1) is 6.04 Å². The van der Waals surface area contributed by atoms with Crippen LogP contribution < -0.4 is 11.1 Å². The molecule has 1 heterocycles. The molecule has 120 valence electrons. The number of nitrogens with one attached hydrogen (secondary N) is 1. The molecule has 1 atom stereocenters. The van der Waals surface area contributed by atoms with E-state index in [1.165, 1.54) is 43.4 Å². The fraction of sp³-hybridized carbons (Fsp3) is 0.786. The average Bonchev–Trinajstić information content (AvgIpc) is 2.87. The van der Waals surface area contributed by atoms with Crippen LogP contribution >= 0.6 is 23.7 Å². The molecule has 3 N–H and O–H groups in total. The molecule has 0 aromatic carbocycles. The van der Waals surface area contributed by atoms with Gasteiger partial charge in [0.25, 0.3) is 0 Å². The molecule has 1 aliphatic rings. The quantitative estimate of drug-likeness (QED) is 0.838. The van der Waals surface area contributed by atoms with E-state index >= 15 is 0 Å². The summed E-state index contributed by atoms with van der Waals surface area (Å²) in [5, 5.41) is 12.6. The number of aromatic nitrogens is 2. The molecule has 1 amide bonds. The standard InChI is InChI=1S/C14H24N4OS.ClH/c1-2-6-11(15)13(19)16-14-18-17-12(20-14)9-10-7-4-3-5-8-10;/h10-11H,2-9,15H2,1H3,(H,16,18,19);1H. The zero-order chi connectivity index (χ0) is 14.4. The molecule has 0 saturated heterocycles. The highest BCUT2D eigenvalue weighted by Gasteiger charge is 2.18. The Morgan fingerprint density at radius 3 is 2.76 bits per heavy atom. The van der Waals surface area contributed by atoms with Crippen LogP contribution in [0.3, 0.4) is 0 Å². The second-order valence-corrected chi connectivity index (χ2v) is 6.66. The van der Waals surface area contributed by atoms with Gasteiger partial charge in [0.1, 0.15) is 5.01 Å². The number of rotatable bonds is 6. The van der Waals surface area contributed by atoms with Crippen LogP contribution in [0.25, 0.3) is 0 Å². The van der Waals surface area contributed by atoms with Crippen LogP contribution in [0.5, 0.6) is 0 Å². The van der Waals surface area contributed by atoms with Crippen molar-refractivity contribution < 1.29 is 4.79 Å². The first kappa shape index (κ1) is 18.3. The minimum atomic E-state index is -0.453. The molecule has 1 fully saturated rings. The van der Waals surface area contributed by atoms with Gasteiger partial charge in [-0.3, -0.25) is 10.1 Å². The van der Waals surface area contributed by atoms with Crippen molar-refractivity contribution in [2.24, 2.45) is 11.7 Å². The molecule has 0 aliphatic heterocycles. The highest BCUT2D eigenvalue weighted by atomic mass is 35.5. The summed E-state index contributed by atoms with van der Waals surface area (Å²) in [6.45, 7) is 2.01. The molecule has 1 unspecified atom stereocenters. The zero-order valence-electron chi connectivity index (χ0n) is 12.5. The van der Waals surface area contributed by atoms with Gasteiger partial charge < -0.3 is 5.73 Å². The van der Waals surface area contributed by atoms with Gasteiger partial charge in [0.2, 0.25) is 11.0 Å². The smallest absolute Gasteiger partial charge is 0.243 e. The molecule has 1 aliphatic carbocycles. The Hall–Kier alpha value is -0.720. The van der Waals surface area contributed by atoms with Gasteiger partial charge in [-0.1, -0.05) is 56.8 Å². The van der Waals surface area contributed by atoms with Gasteiger partial charge in [0, 0.05) is 6.42 Å². The average molecular weight is 333 g/mol. The number of hydrogen-bond donors (Lipinski definition) is 2. The number of halogens is 1. The molecule has 0 bridgehead atoms. The van der Waals surface area contributed by atoms with Crippen molar-refractivity contribution in [3.8, 4) is 0 Å². The normalized spacial score (nSPS) is 17.0. The molecule has 1 aromatic rings. The maximum atomic E-state index is 11.8. The maximum absolute atomic E-state index is 11.8. The van der Waals surface area contributed by atoms with E-state index in [2.05, 4.69) is 15.5 Å². The van der Waals surface area contributed by atoms with E-state index in [4.69, 9.17) is 5.73 Å². The van der Waals surface area contributed by atoms with Gasteiger partial charge >= 0.3 is 0 Å². The third kappa shape index (κ3) is 5.88. The van der Waals surface area contributed by atoms with Crippen LogP contribution in [0.15, 0.2) is 0 Å². The van der Waals surface area contributed by atoms with Crippen molar-refractivity contribution >= 4 is 34.8 Å². The molecule has 0 spiro atoms. The van der Waals surface area contributed by atoms with Crippen molar-refractivity contribution in [2.45, 2.75) is 64.3 Å². The summed E-state index contributed by atoms with van der Waals surface area (Å²) in [5.41, 5.74) is 5.78. The predicted molar refractivity (Wildman–Crippen MR) is 88.9 cm³/mol. The minimum absolute atomic E-state index is 0. The van der Waals surface area contributed by atoms with Crippen molar-refractivity contribution in [2.75, 3.05) is 5.32 Å². The highest BCUT2D eigenvalue weighted by Crippen LogP contribution is 2.28. The van der Waals surface area contributed by atoms with Crippen LogP contribution in [-0.4, -0.2) is 22.1 Å². The fourth-order valence-corrected chi connectivity index (χ4v) is 3.52. The van der Waals surface area contributed by atoms with Gasteiger partial charge in [-0.25, -0.2) is 0 Å². The van der Waals surface area contributed by atoms with E-state index in [-0.39, 0.29) is 18.3 Å². The number of anilines is 1. The van der Waals surface area contributed by atoms with E-state index in [9.17, 15) is 4.79 Å². The third-order valence-corrected chi connectivity index (χ3v) is 4.68. The van der Waals surface area contributed by atoms with Gasteiger partial charge in [-0.2, -0.15) is 0 Å². The molecule has 1 saturated carbocycles. The van der Waals surface area contributed by atoms with Gasteiger partial charge in [-0.15, -0.1) is 22.6 Å². The van der Waals surface area contributed by atoms with Crippen molar-refractivity contribution in [1.29, 1.82) is 0 Å². The Labute approximate surface area is 136 Å². The number of amides is 1. The Kier molecular flexibility index (Phi) is 8.14. The molecule has 0 radical (unpaired) electrons. The fourth-order valence-electron chi connectivity index (χ4n) is 2.67. The van der Waals surface area contributed by atoms with E-state index in [0.717, 1.165) is 23.8 Å². The molecule has 5 nitrogen and oxygen atoms in total. The summed E-state index contributed by atoms with van der Waals surface area (Å²) in [6.07, 6.45) is 9.21. The minimum Gasteiger partial charge on any atom is -0.320 e. The van der Waals surface area contributed by atoms with Crippen LogP contribution in [0, 0.1) is 5.92 Å². The molecular formula is C14H25ClN4OS. The van der Waals surface area contributed by atoms with Crippen LogP contribution in [-0.2, 0) is 11.2 Å². The first-order valence-electron chi connectivity index (χ1n) is 7.58. The second-order valence-electron chi connectivity index (χ2n) is 5.59. The number of carbonyl (C=O) groups excluding carboxylic acids is 1. The summed E-state index contributed by atoms with van der Waals surface area (Å²) in [4.78, 5) is 11.8. The SMILES string of the molecule is CCCC(N)C(=O)Nc1nnc(CC2CCCCC2)s1.Cl. The number of carbonyl (C=O) groups is 1. The van der Waals surface area contributed by atoms with Crippen LogP contribution in [0.2, 0.25) is 0 Å². The molecule has 21 heavy (non-hydrogen) atoms. The van der Waals surface area contributed by atoms with Crippen molar-refractivity contribution in [1.82, 2.24) is 10.2 Å². The predicted octanol–water partition coefficient (Wildman–Crippen LogP) is 3.15. The van der Waals surface area contributed by atoms with Crippen molar-refractivity contribution in [3.63, 3.8) is 0 Å². The number of hydrogen-bond acceptors (Lipinski definition) is 5. The lowest BCUT2D eigenvalue weighted by Crippen LogP contribution is -2.35. The lowest BCUT2D eigenvalue weighted by Gasteiger charge is -2.19. The lowest BCUT2D eigenvalue weighted by atomic mass is 9.87. The Balaban J connectivity index is 0.00000220. The lowest BCUT2D eigenvalue weighted by molar-refractivity contribution is -0.117. The Morgan fingerprint density at radius 1 is 1.38 bits per heavy atom. The third-order valence-electron chi connectivity index (χ3n) is 3.82. The monoisotopic (exact) mass is 332 g/mol. The van der Waals surface area contributed by atoms with E-state index < -0.39 is 6.04 Å².